The number of rotatable bonds is 14. The zero-order chi connectivity index (χ0) is 19.0. The van der Waals surface area contributed by atoms with Gasteiger partial charge in [0.1, 0.15) is 17.3 Å². The highest BCUT2D eigenvalue weighted by Gasteiger charge is 1.98. The Labute approximate surface area is 158 Å². The van der Waals surface area contributed by atoms with Crippen LogP contribution in [0, 0.1) is 0 Å². The van der Waals surface area contributed by atoms with Crippen LogP contribution < -0.4 is 9.47 Å². The minimum Gasteiger partial charge on any atom is -0.498 e. The Kier molecular flexibility index (Phi) is 11.6. The van der Waals surface area contributed by atoms with E-state index >= 15 is 0 Å². The van der Waals surface area contributed by atoms with Gasteiger partial charge in [-0.3, -0.25) is 0 Å². The van der Waals surface area contributed by atoms with Crippen LogP contribution in [-0.2, 0) is 9.47 Å². The number of benzene rings is 1. The fourth-order valence-electron chi connectivity index (χ4n) is 2.16. The van der Waals surface area contributed by atoms with Gasteiger partial charge in [-0.25, -0.2) is 0 Å². The average molecular weight is 360 g/mol. The number of allylic oxidation sites excluding steroid dienone is 4. The summed E-state index contributed by atoms with van der Waals surface area (Å²) in [5, 5.41) is 0. The lowest BCUT2D eigenvalue weighted by atomic mass is 10.3. The molecule has 0 aliphatic heterocycles. The predicted octanol–water partition coefficient (Wildman–Crippen LogP) is 5.66. The van der Waals surface area contributed by atoms with E-state index in [1.807, 2.05) is 56.3 Å². The van der Waals surface area contributed by atoms with Crippen LogP contribution in [0.5, 0.6) is 11.5 Å². The predicted molar refractivity (Wildman–Crippen MR) is 107 cm³/mol. The van der Waals surface area contributed by atoms with Gasteiger partial charge in [-0.05, 0) is 63.1 Å². The lowest BCUT2D eigenvalue weighted by Crippen LogP contribution is -2.01. The van der Waals surface area contributed by atoms with Crippen LogP contribution in [0.4, 0.5) is 0 Å². The van der Waals surface area contributed by atoms with E-state index in [-0.39, 0.29) is 0 Å². The summed E-state index contributed by atoms with van der Waals surface area (Å²) in [6, 6.07) is 7.71. The van der Waals surface area contributed by atoms with Gasteiger partial charge in [0.05, 0.1) is 32.2 Å². The van der Waals surface area contributed by atoms with E-state index in [4.69, 9.17) is 18.9 Å². The van der Waals surface area contributed by atoms with Crippen LogP contribution >= 0.6 is 0 Å². The Bertz CT molecular complexity index is 558. The molecule has 4 nitrogen and oxygen atoms in total. The van der Waals surface area contributed by atoms with Gasteiger partial charge in [0.15, 0.2) is 0 Å². The van der Waals surface area contributed by atoms with Gasteiger partial charge >= 0.3 is 0 Å². The van der Waals surface area contributed by atoms with Crippen molar-refractivity contribution in [3.63, 3.8) is 0 Å². The molecule has 144 valence electrons. The van der Waals surface area contributed by atoms with Crippen molar-refractivity contribution in [3.05, 3.63) is 60.6 Å². The Hall–Kier alpha value is -2.36. The first-order valence-corrected chi connectivity index (χ1v) is 9.37. The standard InChI is InChI=1S/C22H32O4/c1-5-20(12-10-11-19(4)23-6-2)25-17-8-9-18-26-22-15-13-21(14-16-22)24-7-3/h10-16H,4-9,17-18H2,1-3H3/b11-10-,20-12+. The molecule has 0 bridgehead atoms. The Balaban J connectivity index is 2.19. The summed E-state index contributed by atoms with van der Waals surface area (Å²) in [7, 11) is 0. The summed E-state index contributed by atoms with van der Waals surface area (Å²) in [4.78, 5) is 0. The summed E-state index contributed by atoms with van der Waals surface area (Å²) >= 11 is 0. The van der Waals surface area contributed by atoms with E-state index in [2.05, 4.69) is 13.5 Å². The molecule has 0 atom stereocenters. The monoisotopic (exact) mass is 360 g/mol. The third-order valence-electron chi connectivity index (χ3n) is 3.47. The maximum absolute atomic E-state index is 5.80. The number of unbranched alkanes of at least 4 members (excludes halogenated alkanes) is 1. The second-order valence-electron chi connectivity index (χ2n) is 5.55. The molecule has 1 aromatic carbocycles. The van der Waals surface area contributed by atoms with Crippen LogP contribution in [0.25, 0.3) is 0 Å². The smallest absolute Gasteiger partial charge is 0.119 e. The summed E-state index contributed by atoms with van der Waals surface area (Å²) in [6.45, 7) is 12.5. The molecule has 0 saturated heterocycles. The van der Waals surface area contributed by atoms with E-state index in [0.717, 1.165) is 36.5 Å². The molecule has 0 spiro atoms. The summed E-state index contributed by atoms with van der Waals surface area (Å²) < 4.78 is 22.2. The van der Waals surface area contributed by atoms with Crippen molar-refractivity contribution in [1.29, 1.82) is 0 Å². The van der Waals surface area contributed by atoms with Crippen molar-refractivity contribution in [3.8, 4) is 11.5 Å². The zero-order valence-electron chi connectivity index (χ0n) is 16.3. The average Bonchev–Trinajstić information content (AvgIpc) is 2.64. The molecule has 0 saturated carbocycles. The Morgan fingerprint density at radius 2 is 1.54 bits per heavy atom. The van der Waals surface area contributed by atoms with Gasteiger partial charge in [0, 0.05) is 6.42 Å². The Morgan fingerprint density at radius 3 is 2.15 bits per heavy atom. The van der Waals surface area contributed by atoms with Crippen LogP contribution in [-0.4, -0.2) is 26.4 Å². The molecule has 0 amide bonds. The van der Waals surface area contributed by atoms with E-state index in [1.165, 1.54) is 0 Å². The highest BCUT2D eigenvalue weighted by molar-refractivity contribution is 5.31. The van der Waals surface area contributed by atoms with Gasteiger partial charge in [0.25, 0.3) is 0 Å². The highest BCUT2D eigenvalue weighted by Crippen LogP contribution is 2.17. The maximum atomic E-state index is 5.80. The molecule has 1 rings (SSSR count). The summed E-state index contributed by atoms with van der Waals surface area (Å²) in [5.74, 6) is 3.35. The van der Waals surface area contributed by atoms with E-state index in [9.17, 15) is 0 Å². The SMILES string of the molecule is C=C(/C=C\C=C(/CC)OCCCCOc1ccc(OCC)cc1)OCC. The first-order chi connectivity index (χ1) is 12.7. The topological polar surface area (TPSA) is 36.9 Å². The molecule has 0 aromatic heterocycles. The Morgan fingerprint density at radius 1 is 0.885 bits per heavy atom. The van der Waals surface area contributed by atoms with Crippen molar-refractivity contribution in [2.24, 2.45) is 0 Å². The largest absolute Gasteiger partial charge is 0.498 e. The van der Waals surface area contributed by atoms with Crippen LogP contribution in [0.1, 0.15) is 40.0 Å². The number of ether oxygens (including phenoxy) is 4. The molecule has 0 aliphatic rings. The molecule has 0 radical (unpaired) electrons. The second kappa shape index (κ2) is 13.9. The maximum Gasteiger partial charge on any atom is 0.119 e. The lowest BCUT2D eigenvalue weighted by Gasteiger charge is -2.09. The minimum absolute atomic E-state index is 0.628. The molecule has 0 aliphatic carbocycles. The van der Waals surface area contributed by atoms with Gasteiger partial charge in [-0.1, -0.05) is 19.6 Å². The minimum atomic E-state index is 0.628. The molecule has 4 heteroatoms. The quantitative estimate of drug-likeness (QED) is 0.244. The fourth-order valence-corrected chi connectivity index (χ4v) is 2.16. The van der Waals surface area contributed by atoms with E-state index < -0.39 is 0 Å². The van der Waals surface area contributed by atoms with Crippen molar-refractivity contribution in [2.45, 2.75) is 40.0 Å². The van der Waals surface area contributed by atoms with Crippen LogP contribution in [0.2, 0.25) is 0 Å². The molecule has 0 heterocycles. The van der Waals surface area contributed by atoms with E-state index in [1.54, 1.807) is 0 Å². The summed E-state index contributed by atoms with van der Waals surface area (Å²) in [6.07, 6.45) is 8.46. The molecule has 0 fully saturated rings. The van der Waals surface area contributed by atoms with Gasteiger partial charge < -0.3 is 18.9 Å². The highest BCUT2D eigenvalue weighted by atomic mass is 16.5. The zero-order valence-corrected chi connectivity index (χ0v) is 16.3. The van der Waals surface area contributed by atoms with Gasteiger partial charge in [-0.2, -0.15) is 0 Å². The summed E-state index contributed by atoms with van der Waals surface area (Å²) in [5.41, 5.74) is 0. The van der Waals surface area contributed by atoms with Gasteiger partial charge in [-0.15, -0.1) is 0 Å². The lowest BCUT2D eigenvalue weighted by molar-refractivity contribution is 0.189. The van der Waals surface area contributed by atoms with Crippen molar-refractivity contribution in [1.82, 2.24) is 0 Å². The molecule has 1 aromatic rings. The molecule has 0 unspecified atom stereocenters. The fraction of sp³-hybridized carbons (Fsp3) is 0.455. The van der Waals surface area contributed by atoms with Gasteiger partial charge in [0.2, 0.25) is 0 Å². The number of hydrogen-bond donors (Lipinski definition) is 0. The van der Waals surface area contributed by atoms with Crippen molar-refractivity contribution < 1.29 is 18.9 Å². The van der Waals surface area contributed by atoms with E-state index in [0.29, 0.717) is 32.2 Å². The van der Waals surface area contributed by atoms with Crippen LogP contribution in [0.3, 0.4) is 0 Å². The molecule has 26 heavy (non-hydrogen) atoms. The first-order valence-electron chi connectivity index (χ1n) is 9.37. The molecule has 0 N–H and O–H groups in total. The first kappa shape index (κ1) is 21.7. The molecular weight excluding hydrogens is 328 g/mol. The number of hydrogen-bond acceptors (Lipinski definition) is 4. The van der Waals surface area contributed by atoms with Crippen LogP contribution in [0.15, 0.2) is 60.6 Å². The third-order valence-corrected chi connectivity index (χ3v) is 3.47. The molecular formula is C22H32O4. The third kappa shape index (κ3) is 9.82. The van der Waals surface area contributed by atoms with Crippen molar-refractivity contribution in [2.75, 3.05) is 26.4 Å². The second-order valence-corrected chi connectivity index (χ2v) is 5.55. The van der Waals surface area contributed by atoms with Crippen molar-refractivity contribution >= 4 is 0 Å². The normalized spacial score (nSPS) is 11.4.